The summed E-state index contributed by atoms with van der Waals surface area (Å²) in [4.78, 5) is 38.7. The number of rotatable bonds is 11. The van der Waals surface area contributed by atoms with Crippen molar-refractivity contribution in [2.75, 3.05) is 38.8 Å². The van der Waals surface area contributed by atoms with Gasteiger partial charge in [0.05, 0.1) is 30.7 Å². The Morgan fingerprint density at radius 3 is 2.42 bits per heavy atom. The molecule has 0 radical (unpaired) electrons. The second-order valence-corrected chi connectivity index (χ2v) is 13.3. The Hall–Kier alpha value is -5.08. The van der Waals surface area contributed by atoms with Crippen LogP contribution in [0.2, 0.25) is 0 Å². The molecule has 11 nitrogen and oxygen atoms in total. The second kappa shape index (κ2) is 16.1. The molecule has 0 saturated heterocycles. The van der Waals surface area contributed by atoms with E-state index in [1.807, 2.05) is 30.3 Å². The van der Waals surface area contributed by atoms with Crippen LogP contribution < -0.4 is 26.4 Å². The lowest BCUT2D eigenvalue weighted by Crippen LogP contribution is -2.39. The van der Waals surface area contributed by atoms with Crippen molar-refractivity contribution in [2.45, 2.75) is 84.3 Å². The molecule has 4 N–H and O–H groups in total. The summed E-state index contributed by atoms with van der Waals surface area (Å²) in [6.45, 7) is 9.18. The van der Waals surface area contributed by atoms with Crippen LogP contribution in [0.15, 0.2) is 47.5 Å². The molecular formula is C39H48N6O5. The van der Waals surface area contributed by atoms with Gasteiger partial charge in [0.15, 0.2) is 11.5 Å². The fourth-order valence-corrected chi connectivity index (χ4v) is 6.91. The minimum absolute atomic E-state index is 0.00597. The first kappa shape index (κ1) is 36.2. The number of nitrogens with zero attached hydrogens (tertiary/aromatic N) is 4. The van der Waals surface area contributed by atoms with E-state index < -0.39 is 11.4 Å². The summed E-state index contributed by atoms with van der Waals surface area (Å²) >= 11 is 0. The number of esters is 1. The molecule has 0 unspecified atom stereocenters. The molecule has 1 aliphatic carbocycles. The minimum Gasteiger partial charge on any atom is -0.493 e. The van der Waals surface area contributed by atoms with Crippen molar-refractivity contribution >= 4 is 28.6 Å². The molecule has 1 saturated carbocycles. The smallest absolute Gasteiger partial charge is 0.343 e. The zero-order valence-electron chi connectivity index (χ0n) is 29.9. The number of ether oxygens (including phenoxy) is 3. The molecular weight excluding hydrogens is 632 g/mol. The lowest BCUT2D eigenvalue weighted by molar-refractivity contribution is 0.0415. The standard InChI is InChI=1S/C39H48N6O5/c1-24(2)44(25(3)4)17-18-50-38(47)31-23-45(30-12-8-7-9-13-30)32-20-26(15-16-27-11-10-14-33(48-5)36(27)49-6)19-28(34(32)35(31)46)21-29-22-42-39(41)43-37(29)40/h10-11,14,19-20,22-25,30H,7-9,12-13,17-18,21H2,1-6H3,(H4,40,41,42,43). The number of hydrogen-bond donors (Lipinski definition) is 2. The van der Waals surface area contributed by atoms with E-state index in [0.29, 0.717) is 51.2 Å². The van der Waals surface area contributed by atoms with E-state index in [0.717, 1.165) is 32.1 Å². The Bertz CT molecular complexity index is 1960. The Morgan fingerprint density at radius 1 is 1.02 bits per heavy atom. The third kappa shape index (κ3) is 8.03. The molecule has 1 fully saturated rings. The van der Waals surface area contributed by atoms with Gasteiger partial charge in [-0.3, -0.25) is 9.69 Å². The molecule has 50 heavy (non-hydrogen) atoms. The van der Waals surface area contributed by atoms with E-state index in [1.165, 1.54) is 0 Å². The van der Waals surface area contributed by atoms with E-state index in [-0.39, 0.29) is 48.5 Å². The van der Waals surface area contributed by atoms with Gasteiger partial charge in [-0.1, -0.05) is 37.2 Å². The SMILES string of the molecule is COc1cccc(C#Cc2cc(Cc3cnc(N)nc3N)c3c(=O)c(C(=O)OCCN(C(C)C)C(C)C)cn(C4CCCCC4)c3c2)c1OC. The number of para-hydroxylation sites is 1. The first-order valence-electron chi connectivity index (χ1n) is 17.3. The second-order valence-electron chi connectivity index (χ2n) is 13.3. The summed E-state index contributed by atoms with van der Waals surface area (Å²) in [5.74, 6) is 7.27. The van der Waals surface area contributed by atoms with Crippen LogP contribution in [0.3, 0.4) is 0 Å². The van der Waals surface area contributed by atoms with Crippen molar-refractivity contribution in [1.29, 1.82) is 0 Å². The molecule has 0 spiro atoms. The number of carbonyl (C=O) groups excluding carboxylic acids is 1. The highest BCUT2D eigenvalue weighted by molar-refractivity contribution is 5.95. The average Bonchev–Trinajstić information content (AvgIpc) is 3.10. The van der Waals surface area contributed by atoms with E-state index in [9.17, 15) is 9.59 Å². The van der Waals surface area contributed by atoms with Gasteiger partial charge < -0.3 is 30.2 Å². The van der Waals surface area contributed by atoms with Gasteiger partial charge in [-0.25, -0.2) is 9.78 Å². The molecule has 4 aromatic rings. The van der Waals surface area contributed by atoms with Gasteiger partial charge in [-0.15, -0.1) is 0 Å². The van der Waals surface area contributed by atoms with Gasteiger partial charge in [0.2, 0.25) is 11.4 Å². The summed E-state index contributed by atoms with van der Waals surface area (Å²) in [5.41, 5.74) is 14.9. The van der Waals surface area contributed by atoms with Crippen molar-refractivity contribution < 1.29 is 19.0 Å². The molecule has 0 aliphatic heterocycles. The normalized spacial score (nSPS) is 13.5. The van der Waals surface area contributed by atoms with Crippen molar-refractivity contribution in [3.8, 4) is 23.3 Å². The molecule has 2 aromatic carbocycles. The monoisotopic (exact) mass is 680 g/mol. The van der Waals surface area contributed by atoms with Crippen LogP contribution in [0.1, 0.15) is 98.5 Å². The van der Waals surface area contributed by atoms with Crippen molar-refractivity contribution in [2.24, 2.45) is 0 Å². The number of pyridine rings is 1. The topological polar surface area (TPSA) is 148 Å². The number of aromatic nitrogens is 3. The summed E-state index contributed by atoms with van der Waals surface area (Å²) in [6, 6.07) is 9.98. The van der Waals surface area contributed by atoms with E-state index >= 15 is 0 Å². The first-order valence-corrected chi connectivity index (χ1v) is 17.3. The van der Waals surface area contributed by atoms with E-state index in [4.69, 9.17) is 25.7 Å². The van der Waals surface area contributed by atoms with Gasteiger partial charge in [-0.2, -0.15) is 4.98 Å². The van der Waals surface area contributed by atoms with Gasteiger partial charge in [-0.05, 0) is 70.4 Å². The van der Waals surface area contributed by atoms with Crippen LogP contribution >= 0.6 is 0 Å². The predicted molar refractivity (Wildman–Crippen MR) is 197 cm³/mol. The van der Waals surface area contributed by atoms with Crippen LogP contribution in [0.5, 0.6) is 11.5 Å². The van der Waals surface area contributed by atoms with Crippen LogP contribution in [0, 0.1) is 11.8 Å². The molecule has 2 aromatic heterocycles. The number of nitrogens with two attached hydrogens (primary N) is 2. The van der Waals surface area contributed by atoms with Crippen LogP contribution in [0.4, 0.5) is 11.8 Å². The average molecular weight is 681 g/mol. The van der Waals surface area contributed by atoms with Crippen LogP contribution in [0.25, 0.3) is 10.9 Å². The highest BCUT2D eigenvalue weighted by Crippen LogP contribution is 2.33. The van der Waals surface area contributed by atoms with Crippen molar-refractivity contribution in [3.05, 3.63) is 80.8 Å². The van der Waals surface area contributed by atoms with Gasteiger partial charge in [0, 0.05) is 54.6 Å². The summed E-state index contributed by atoms with van der Waals surface area (Å²) in [5, 5.41) is 0.414. The van der Waals surface area contributed by atoms with Crippen LogP contribution in [-0.4, -0.2) is 64.9 Å². The Balaban J connectivity index is 1.68. The maximum Gasteiger partial charge on any atom is 0.343 e. The molecule has 0 atom stereocenters. The van der Waals surface area contributed by atoms with Gasteiger partial charge in [0.1, 0.15) is 18.0 Å². The quantitative estimate of drug-likeness (QED) is 0.148. The number of anilines is 2. The van der Waals surface area contributed by atoms with E-state index in [2.05, 4.69) is 59.0 Å². The fraction of sp³-hybridized carbons (Fsp3) is 0.436. The number of nitrogen functional groups attached to an aromatic ring is 2. The predicted octanol–water partition coefficient (Wildman–Crippen LogP) is 5.74. The number of benzene rings is 2. The number of hydrogen-bond acceptors (Lipinski definition) is 10. The Morgan fingerprint density at radius 2 is 1.76 bits per heavy atom. The molecule has 2 heterocycles. The van der Waals surface area contributed by atoms with E-state index in [1.54, 1.807) is 26.6 Å². The maximum absolute atomic E-state index is 14.4. The maximum atomic E-state index is 14.4. The third-order valence-corrected chi connectivity index (χ3v) is 9.36. The van der Waals surface area contributed by atoms with Gasteiger partial charge in [0.25, 0.3) is 0 Å². The zero-order chi connectivity index (χ0) is 35.9. The largest absolute Gasteiger partial charge is 0.493 e. The number of fused-ring (bicyclic) bond motifs is 1. The lowest BCUT2D eigenvalue weighted by atomic mass is 9.92. The van der Waals surface area contributed by atoms with Crippen molar-refractivity contribution in [3.63, 3.8) is 0 Å². The summed E-state index contributed by atoms with van der Waals surface area (Å²) < 4.78 is 18.9. The number of methoxy groups -OCH3 is 2. The molecule has 11 heteroatoms. The highest BCUT2D eigenvalue weighted by atomic mass is 16.5. The third-order valence-electron chi connectivity index (χ3n) is 9.36. The minimum atomic E-state index is -0.635. The summed E-state index contributed by atoms with van der Waals surface area (Å²) in [7, 11) is 3.16. The molecule has 5 rings (SSSR count). The highest BCUT2D eigenvalue weighted by Gasteiger charge is 2.25. The Kier molecular flexibility index (Phi) is 11.6. The lowest BCUT2D eigenvalue weighted by Gasteiger charge is -2.30. The molecule has 0 amide bonds. The Labute approximate surface area is 293 Å². The number of carbonyl (C=O) groups is 1. The summed E-state index contributed by atoms with van der Waals surface area (Å²) in [6.07, 6.45) is 8.58. The zero-order valence-corrected chi connectivity index (χ0v) is 29.9. The molecule has 1 aliphatic rings. The van der Waals surface area contributed by atoms with Gasteiger partial charge >= 0.3 is 5.97 Å². The molecule has 0 bridgehead atoms. The fourth-order valence-electron chi connectivity index (χ4n) is 6.91. The first-order chi connectivity index (χ1) is 24.0. The molecule has 264 valence electrons. The van der Waals surface area contributed by atoms with Crippen molar-refractivity contribution in [1.82, 2.24) is 19.4 Å². The van der Waals surface area contributed by atoms with Crippen LogP contribution in [-0.2, 0) is 11.2 Å².